The van der Waals surface area contributed by atoms with Crippen LogP contribution in [0.1, 0.15) is 50.4 Å². The van der Waals surface area contributed by atoms with Crippen LogP contribution in [0.15, 0.2) is 18.2 Å². The summed E-state index contributed by atoms with van der Waals surface area (Å²) in [6.07, 6.45) is 4.23. The Kier molecular flexibility index (Phi) is 6.89. The van der Waals surface area contributed by atoms with Crippen molar-refractivity contribution in [2.75, 3.05) is 32.1 Å². The molecule has 0 N–H and O–H groups in total. The van der Waals surface area contributed by atoms with Gasteiger partial charge in [0.2, 0.25) is 10.0 Å². The highest BCUT2D eigenvalue weighted by molar-refractivity contribution is 7.89. The van der Waals surface area contributed by atoms with Crippen LogP contribution in [0.25, 0.3) is 0 Å². The lowest BCUT2D eigenvalue weighted by Gasteiger charge is -2.41. The third kappa shape index (κ3) is 5.08. The standard InChI is InChI=1S/C20H32N2O4S/c1-3-15-27(23,24)22-11-9-20(10-12-22)18(8-14-26-20)7-13-25-16-19-6-4-5-17(2)21-19/h4-6,18H,3,7-16H2,1-2H3. The molecule has 27 heavy (non-hydrogen) atoms. The Bertz CT molecular complexity index is 714. The van der Waals surface area contributed by atoms with E-state index in [9.17, 15) is 8.42 Å². The highest BCUT2D eigenvalue weighted by Crippen LogP contribution is 2.42. The average molecular weight is 397 g/mol. The first kappa shape index (κ1) is 20.7. The largest absolute Gasteiger partial charge is 0.375 e. The highest BCUT2D eigenvalue weighted by atomic mass is 32.2. The fourth-order valence-corrected chi connectivity index (χ4v) is 5.87. The Morgan fingerprint density at radius 2 is 2.11 bits per heavy atom. The van der Waals surface area contributed by atoms with Gasteiger partial charge in [0.15, 0.2) is 0 Å². The van der Waals surface area contributed by atoms with E-state index < -0.39 is 10.0 Å². The smallest absolute Gasteiger partial charge is 0.214 e. The SMILES string of the molecule is CCCS(=O)(=O)N1CCC2(CC1)OCCC2CCOCc1cccc(C)n1. The third-order valence-electron chi connectivity index (χ3n) is 5.83. The van der Waals surface area contributed by atoms with Crippen molar-refractivity contribution in [1.82, 2.24) is 9.29 Å². The number of ether oxygens (including phenoxy) is 2. The average Bonchev–Trinajstić information content (AvgIpc) is 3.01. The zero-order chi connectivity index (χ0) is 19.3. The van der Waals surface area contributed by atoms with Gasteiger partial charge >= 0.3 is 0 Å². The van der Waals surface area contributed by atoms with Gasteiger partial charge in [-0.2, -0.15) is 0 Å². The predicted octanol–water partition coefficient (Wildman–Crippen LogP) is 2.91. The van der Waals surface area contributed by atoms with E-state index in [1.54, 1.807) is 4.31 Å². The molecule has 3 heterocycles. The third-order valence-corrected chi connectivity index (χ3v) is 7.91. The normalized spacial score (nSPS) is 23.1. The summed E-state index contributed by atoms with van der Waals surface area (Å²) >= 11 is 0. The zero-order valence-electron chi connectivity index (χ0n) is 16.5. The van der Waals surface area contributed by atoms with Crippen LogP contribution in [0.3, 0.4) is 0 Å². The molecule has 2 aliphatic heterocycles. The van der Waals surface area contributed by atoms with Gasteiger partial charge in [-0.3, -0.25) is 4.98 Å². The monoisotopic (exact) mass is 396 g/mol. The predicted molar refractivity (Wildman–Crippen MR) is 105 cm³/mol. The molecule has 0 saturated carbocycles. The van der Waals surface area contributed by atoms with Crippen molar-refractivity contribution >= 4 is 10.0 Å². The fraction of sp³-hybridized carbons (Fsp3) is 0.750. The van der Waals surface area contributed by atoms with Gasteiger partial charge in [0.05, 0.1) is 23.7 Å². The Labute approximate surface area is 163 Å². The van der Waals surface area contributed by atoms with E-state index in [2.05, 4.69) is 4.98 Å². The minimum atomic E-state index is -3.11. The first-order valence-electron chi connectivity index (χ1n) is 10.1. The summed E-state index contributed by atoms with van der Waals surface area (Å²) in [5.41, 5.74) is 1.80. The number of piperidine rings is 1. The highest BCUT2D eigenvalue weighted by Gasteiger charge is 2.47. The summed E-state index contributed by atoms with van der Waals surface area (Å²) in [4.78, 5) is 4.46. The number of hydrogen-bond donors (Lipinski definition) is 0. The molecule has 1 aromatic rings. The second-order valence-corrected chi connectivity index (χ2v) is 9.81. The summed E-state index contributed by atoms with van der Waals surface area (Å²) in [6.45, 7) is 7.03. The number of sulfonamides is 1. The van der Waals surface area contributed by atoms with E-state index in [1.807, 2.05) is 32.0 Å². The molecule has 2 aliphatic rings. The van der Waals surface area contributed by atoms with Crippen LogP contribution in [0.2, 0.25) is 0 Å². The number of aryl methyl sites for hydroxylation is 1. The maximum absolute atomic E-state index is 12.3. The van der Waals surface area contributed by atoms with Crippen molar-refractivity contribution in [3.05, 3.63) is 29.6 Å². The van der Waals surface area contributed by atoms with Crippen molar-refractivity contribution in [1.29, 1.82) is 0 Å². The number of hydrogen-bond acceptors (Lipinski definition) is 5. The maximum atomic E-state index is 12.3. The molecule has 3 rings (SSSR count). The summed E-state index contributed by atoms with van der Waals surface area (Å²) in [5.74, 6) is 0.685. The molecule has 0 aromatic carbocycles. The topological polar surface area (TPSA) is 68.7 Å². The maximum Gasteiger partial charge on any atom is 0.214 e. The van der Waals surface area contributed by atoms with Gasteiger partial charge in [-0.25, -0.2) is 12.7 Å². The van der Waals surface area contributed by atoms with Gasteiger partial charge < -0.3 is 9.47 Å². The molecular formula is C20H32N2O4S. The van der Waals surface area contributed by atoms with Crippen LogP contribution in [-0.2, 0) is 26.1 Å². The van der Waals surface area contributed by atoms with Gasteiger partial charge in [-0.1, -0.05) is 13.0 Å². The molecule has 1 unspecified atom stereocenters. The van der Waals surface area contributed by atoms with Crippen molar-refractivity contribution in [3.8, 4) is 0 Å². The quantitative estimate of drug-likeness (QED) is 0.632. The van der Waals surface area contributed by atoms with E-state index >= 15 is 0 Å². The zero-order valence-corrected chi connectivity index (χ0v) is 17.3. The number of aromatic nitrogens is 1. The lowest BCUT2D eigenvalue weighted by atomic mass is 9.78. The minimum absolute atomic E-state index is 0.164. The van der Waals surface area contributed by atoms with E-state index in [1.165, 1.54) is 0 Å². The van der Waals surface area contributed by atoms with E-state index in [0.717, 1.165) is 43.7 Å². The van der Waals surface area contributed by atoms with Crippen molar-refractivity contribution in [2.45, 2.75) is 58.2 Å². The summed E-state index contributed by atoms with van der Waals surface area (Å²) in [6, 6.07) is 5.97. The summed E-state index contributed by atoms with van der Waals surface area (Å²) < 4.78 is 38.3. The van der Waals surface area contributed by atoms with Gasteiger partial charge in [0.1, 0.15) is 0 Å². The van der Waals surface area contributed by atoms with Crippen LogP contribution in [0, 0.1) is 12.8 Å². The lowest BCUT2D eigenvalue weighted by Crippen LogP contribution is -2.50. The molecule has 2 fully saturated rings. The molecule has 0 radical (unpaired) electrons. The van der Waals surface area contributed by atoms with E-state index in [-0.39, 0.29) is 11.4 Å². The molecule has 2 saturated heterocycles. The molecular weight excluding hydrogens is 364 g/mol. The van der Waals surface area contributed by atoms with Crippen molar-refractivity contribution in [3.63, 3.8) is 0 Å². The van der Waals surface area contributed by atoms with Gasteiger partial charge in [-0.05, 0) is 57.1 Å². The Morgan fingerprint density at radius 3 is 2.81 bits per heavy atom. The molecule has 6 nitrogen and oxygen atoms in total. The van der Waals surface area contributed by atoms with Gasteiger partial charge in [-0.15, -0.1) is 0 Å². The van der Waals surface area contributed by atoms with E-state index in [0.29, 0.717) is 38.6 Å². The Hall–Kier alpha value is -1.02. The van der Waals surface area contributed by atoms with Crippen LogP contribution in [0.5, 0.6) is 0 Å². The Balaban J connectivity index is 1.48. The molecule has 7 heteroatoms. The van der Waals surface area contributed by atoms with Crippen LogP contribution >= 0.6 is 0 Å². The molecule has 1 aromatic heterocycles. The minimum Gasteiger partial charge on any atom is -0.375 e. The second kappa shape index (κ2) is 8.99. The van der Waals surface area contributed by atoms with Crippen LogP contribution < -0.4 is 0 Å². The fourth-order valence-electron chi connectivity index (χ4n) is 4.36. The molecule has 0 bridgehead atoms. The van der Waals surface area contributed by atoms with Gasteiger partial charge in [0.25, 0.3) is 0 Å². The number of rotatable bonds is 8. The number of nitrogens with zero attached hydrogens (tertiary/aromatic N) is 2. The van der Waals surface area contributed by atoms with Crippen molar-refractivity contribution in [2.24, 2.45) is 5.92 Å². The molecule has 152 valence electrons. The lowest BCUT2D eigenvalue weighted by molar-refractivity contribution is -0.0618. The van der Waals surface area contributed by atoms with Crippen LogP contribution in [-0.4, -0.2) is 55.4 Å². The van der Waals surface area contributed by atoms with E-state index in [4.69, 9.17) is 9.47 Å². The van der Waals surface area contributed by atoms with Gasteiger partial charge in [0, 0.05) is 32.0 Å². The Morgan fingerprint density at radius 1 is 1.33 bits per heavy atom. The molecule has 1 atom stereocenters. The first-order valence-corrected chi connectivity index (χ1v) is 11.7. The van der Waals surface area contributed by atoms with Crippen molar-refractivity contribution < 1.29 is 17.9 Å². The second-order valence-electron chi connectivity index (χ2n) is 7.73. The summed E-state index contributed by atoms with van der Waals surface area (Å²) in [7, 11) is -3.11. The molecule has 0 amide bonds. The molecule has 1 spiro atoms. The van der Waals surface area contributed by atoms with Crippen LogP contribution in [0.4, 0.5) is 0 Å². The first-order chi connectivity index (χ1) is 13.0. The number of pyridine rings is 1. The molecule has 0 aliphatic carbocycles. The summed E-state index contributed by atoms with van der Waals surface area (Å²) in [5, 5.41) is 0.